The summed E-state index contributed by atoms with van der Waals surface area (Å²) in [6.45, 7) is 0.793. The number of morpholine rings is 1. The van der Waals surface area contributed by atoms with Crippen LogP contribution in [-0.4, -0.2) is 43.9 Å². The predicted octanol–water partition coefficient (Wildman–Crippen LogP) is 0.881. The Labute approximate surface area is 62.9 Å². The summed E-state index contributed by atoms with van der Waals surface area (Å²) in [6, 6.07) is 0. The van der Waals surface area contributed by atoms with Gasteiger partial charge in [0.2, 0.25) is 0 Å². The molecular formula is C6H10F3NO. The Balaban J connectivity index is 2.24. The number of rotatable bonds is 1. The highest BCUT2D eigenvalue weighted by Gasteiger charge is 2.31. The van der Waals surface area contributed by atoms with Crippen LogP contribution in [0, 0.1) is 0 Å². The summed E-state index contributed by atoms with van der Waals surface area (Å²) in [7, 11) is 0. The molecule has 0 atom stereocenters. The average Bonchev–Trinajstić information content (AvgIpc) is 1.85. The lowest BCUT2D eigenvalue weighted by Crippen LogP contribution is -2.41. The zero-order valence-corrected chi connectivity index (χ0v) is 6.02. The highest BCUT2D eigenvalue weighted by atomic mass is 19.4. The van der Waals surface area contributed by atoms with E-state index in [1.165, 1.54) is 4.90 Å². The molecule has 1 fully saturated rings. The first-order chi connectivity index (χ1) is 5.08. The fourth-order valence-electron chi connectivity index (χ4n) is 1.01. The van der Waals surface area contributed by atoms with Crippen molar-refractivity contribution in [2.24, 2.45) is 0 Å². The molecule has 0 saturated carbocycles. The van der Waals surface area contributed by atoms with Crippen molar-refractivity contribution >= 4 is 0 Å². The fraction of sp³-hybridized carbons (Fsp3) is 1.00. The molecule has 0 N–H and O–H groups in total. The molecule has 0 aromatic heterocycles. The largest absolute Gasteiger partial charge is 0.401 e. The van der Waals surface area contributed by atoms with Crippen LogP contribution in [0.2, 0.25) is 0 Å². The van der Waals surface area contributed by atoms with E-state index in [0.717, 1.165) is 0 Å². The van der Waals surface area contributed by atoms with Gasteiger partial charge in [-0.15, -0.1) is 0 Å². The smallest absolute Gasteiger partial charge is 0.379 e. The third-order valence-corrected chi connectivity index (χ3v) is 1.51. The van der Waals surface area contributed by atoms with Gasteiger partial charge in [-0.05, 0) is 0 Å². The van der Waals surface area contributed by atoms with Gasteiger partial charge in [0.15, 0.2) is 0 Å². The van der Waals surface area contributed by atoms with Crippen LogP contribution in [-0.2, 0) is 4.74 Å². The minimum absolute atomic E-state index is 0.388. The molecule has 5 heteroatoms. The van der Waals surface area contributed by atoms with Crippen LogP contribution in [0.5, 0.6) is 0 Å². The summed E-state index contributed by atoms with van der Waals surface area (Å²) in [6.07, 6.45) is -4.07. The third kappa shape index (κ3) is 3.57. The van der Waals surface area contributed by atoms with Gasteiger partial charge in [0, 0.05) is 13.1 Å². The van der Waals surface area contributed by atoms with Gasteiger partial charge < -0.3 is 4.74 Å². The number of ether oxygens (including phenoxy) is 1. The molecule has 0 unspecified atom stereocenters. The maximum atomic E-state index is 11.8. The molecule has 11 heavy (non-hydrogen) atoms. The molecule has 0 bridgehead atoms. The average molecular weight is 169 g/mol. The molecule has 0 amide bonds. The fourth-order valence-corrected chi connectivity index (χ4v) is 1.01. The molecule has 0 spiro atoms. The number of hydrogen-bond donors (Lipinski definition) is 0. The summed E-state index contributed by atoms with van der Waals surface area (Å²) in [5, 5.41) is 0. The molecule has 0 radical (unpaired) electrons. The first kappa shape index (κ1) is 8.80. The van der Waals surface area contributed by atoms with E-state index in [9.17, 15) is 13.2 Å². The zero-order chi connectivity index (χ0) is 8.32. The van der Waals surface area contributed by atoms with Crippen molar-refractivity contribution < 1.29 is 17.9 Å². The minimum atomic E-state index is -4.07. The summed E-state index contributed by atoms with van der Waals surface area (Å²) in [5.41, 5.74) is 0. The van der Waals surface area contributed by atoms with Gasteiger partial charge in [-0.3, -0.25) is 4.90 Å². The van der Waals surface area contributed by atoms with Gasteiger partial charge in [0.25, 0.3) is 0 Å². The number of halogens is 3. The van der Waals surface area contributed by atoms with E-state index in [1.54, 1.807) is 0 Å². The zero-order valence-electron chi connectivity index (χ0n) is 6.02. The van der Waals surface area contributed by atoms with Crippen molar-refractivity contribution in [1.29, 1.82) is 0 Å². The summed E-state index contributed by atoms with van der Waals surface area (Å²) in [5.74, 6) is 0. The second kappa shape index (κ2) is 3.40. The van der Waals surface area contributed by atoms with Crippen molar-refractivity contribution in [2.45, 2.75) is 6.18 Å². The molecular weight excluding hydrogens is 159 g/mol. The summed E-state index contributed by atoms with van der Waals surface area (Å²) < 4.78 is 40.2. The first-order valence-corrected chi connectivity index (χ1v) is 3.45. The molecule has 1 saturated heterocycles. The van der Waals surface area contributed by atoms with Gasteiger partial charge in [-0.1, -0.05) is 0 Å². The van der Waals surface area contributed by atoms with Gasteiger partial charge in [-0.2, -0.15) is 13.2 Å². The monoisotopic (exact) mass is 169 g/mol. The Morgan fingerprint density at radius 3 is 2.18 bits per heavy atom. The Morgan fingerprint density at radius 1 is 1.18 bits per heavy atom. The molecule has 66 valence electrons. The van der Waals surface area contributed by atoms with Crippen LogP contribution >= 0.6 is 0 Å². The lowest BCUT2D eigenvalue weighted by atomic mass is 10.4. The second-order valence-corrected chi connectivity index (χ2v) is 2.50. The SMILES string of the molecule is FC(F)(F)CN1CCOCC1. The summed E-state index contributed by atoms with van der Waals surface area (Å²) >= 11 is 0. The van der Waals surface area contributed by atoms with E-state index in [4.69, 9.17) is 4.74 Å². The van der Waals surface area contributed by atoms with Crippen LogP contribution in [0.3, 0.4) is 0 Å². The van der Waals surface area contributed by atoms with E-state index in [-0.39, 0.29) is 0 Å². The summed E-state index contributed by atoms with van der Waals surface area (Å²) in [4.78, 5) is 1.35. The molecule has 1 aliphatic rings. The van der Waals surface area contributed by atoms with Crippen LogP contribution in [0.15, 0.2) is 0 Å². The maximum absolute atomic E-state index is 11.8. The van der Waals surface area contributed by atoms with Crippen molar-refractivity contribution in [3.8, 4) is 0 Å². The van der Waals surface area contributed by atoms with Crippen LogP contribution in [0.25, 0.3) is 0 Å². The van der Waals surface area contributed by atoms with E-state index < -0.39 is 12.7 Å². The number of alkyl halides is 3. The number of hydrogen-bond acceptors (Lipinski definition) is 2. The van der Waals surface area contributed by atoms with Crippen molar-refractivity contribution in [3.63, 3.8) is 0 Å². The van der Waals surface area contributed by atoms with E-state index in [0.29, 0.717) is 26.3 Å². The lowest BCUT2D eigenvalue weighted by Gasteiger charge is -2.27. The topological polar surface area (TPSA) is 12.5 Å². The van der Waals surface area contributed by atoms with Gasteiger partial charge >= 0.3 is 6.18 Å². The highest BCUT2D eigenvalue weighted by Crippen LogP contribution is 2.16. The van der Waals surface area contributed by atoms with Gasteiger partial charge in [0.05, 0.1) is 19.8 Å². The number of nitrogens with zero attached hydrogens (tertiary/aromatic N) is 1. The van der Waals surface area contributed by atoms with E-state index in [1.807, 2.05) is 0 Å². The molecule has 0 aromatic rings. The second-order valence-electron chi connectivity index (χ2n) is 2.50. The standard InChI is InChI=1S/C6H10F3NO/c7-6(8,9)5-10-1-3-11-4-2-10/h1-5H2. The molecule has 1 rings (SSSR count). The Bertz CT molecular complexity index is 119. The van der Waals surface area contributed by atoms with Gasteiger partial charge in [-0.25, -0.2) is 0 Å². The lowest BCUT2D eigenvalue weighted by molar-refractivity contribution is -0.153. The normalized spacial score (nSPS) is 22.1. The van der Waals surface area contributed by atoms with E-state index in [2.05, 4.69) is 0 Å². The third-order valence-electron chi connectivity index (χ3n) is 1.51. The highest BCUT2D eigenvalue weighted by molar-refractivity contribution is 4.65. The van der Waals surface area contributed by atoms with Crippen LogP contribution < -0.4 is 0 Å². The molecule has 0 aromatic carbocycles. The van der Waals surface area contributed by atoms with E-state index >= 15 is 0 Å². The molecule has 2 nitrogen and oxygen atoms in total. The predicted molar refractivity (Wildman–Crippen MR) is 33.3 cm³/mol. The van der Waals surface area contributed by atoms with Crippen molar-refractivity contribution in [1.82, 2.24) is 4.90 Å². The maximum Gasteiger partial charge on any atom is 0.401 e. The Hall–Kier alpha value is -0.290. The molecule has 1 heterocycles. The molecule has 0 aliphatic carbocycles. The van der Waals surface area contributed by atoms with Crippen molar-refractivity contribution in [3.05, 3.63) is 0 Å². The van der Waals surface area contributed by atoms with Crippen LogP contribution in [0.4, 0.5) is 13.2 Å². The Morgan fingerprint density at radius 2 is 1.73 bits per heavy atom. The first-order valence-electron chi connectivity index (χ1n) is 3.45. The molecule has 1 aliphatic heterocycles. The Kier molecular flexibility index (Phi) is 2.72. The van der Waals surface area contributed by atoms with Crippen LogP contribution in [0.1, 0.15) is 0 Å². The van der Waals surface area contributed by atoms with Gasteiger partial charge in [0.1, 0.15) is 0 Å². The van der Waals surface area contributed by atoms with Crippen molar-refractivity contribution in [2.75, 3.05) is 32.8 Å². The quantitative estimate of drug-likeness (QED) is 0.577. The minimum Gasteiger partial charge on any atom is -0.379 e.